The van der Waals surface area contributed by atoms with Crippen molar-refractivity contribution >= 4 is 27.2 Å². The zero-order chi connectivity index (χ0) is 16.8. The Morgan fingerprint density at radius 1 is 1.30 bits per heavy atom. The third-order valence-corrected chi connectivity index (χ3v) is 5.54. The molecule has 0 atom stereocenters. The third-order valence-electron chi connectivity index (χ3n) is 3.62. The number of hydrogen-bond donors (Lipinski definition) is 0. The first-order valence-electron chi connectivity index (χ1n) is 6.73. The van der Waals surface area contributed by atoms with Crippen molar-refractivity contribution in [1.82, 2.24) is 9.13 Å². The van der Waals surface area contributed by atoms with Crippen LogP contribution >= 0.6 is 0 Å². The average molecular weight is 334 g/mol. The van der Waals surface area contributed by atoms with E-state index in [2.05, 4.69) is 5.16 Å². The highest BCUT2D eigenvalue weighted by atomic mass is 32.2. The number of rotatable bonds is 4. The number of hydrogen-bond acceptors (Lipinski definition) is 6. The maximum absolute atomic E-state index is 13.0. The fourth-order valence-electron chi connectivity index (χ4n) is 2.56. The molecule has 0 saturated heterocycles. The molecule has 0 fully saturated rings. The van der Waals surface area contributed by atoms with Crippen LogP contribution in [-0.4, -0.2) is 30.9 Å². The molecule has 0 saturated carbocycles. The monoisotopic (exact) mass is 334 g/mol. The van der Waals surface area contributed by atoms with Crippen LogP contribution < -0.4 is 4.74 Å². The molecule has 7 nitrogen and oxygen atoms in total. The molecule has 0 bridgehead atoms. The van der Waals surface area contributed by atoms with Crippen LogP contribution in [0.1, 0.15) is 21.8 Å². The van der Waals surface area contributed by atoms with Crippen LogP contribution in [0.3, 0.4) is 0 Å². The van der Waals surface area contributed by atoms with Crippen molar-refractivity contribution < 1.29 is 22.5 Å². The smallest absolute Gasteiger partial charge is 0.273 e. The number of aromatic nitrogens is 2. The molecule has 120 valence electrons. The first-order chi connectivity index (χ1) is 10.9. The number of benzene rings is 1. The Bertz CT molecular complexity index is 995. The molecule has 0 aliphatic heterocycles. The molecule has 0 spiro atoms. The van der Waals surface area contributed by atoms with Gasteiger partial charge in [-0.25, -0.2) is 12.4 Å². The van der Waals surface area contributed by atoms with Crippen molar-refractivity contribution in [2.75, 3.05) is 7.11 Å². The van der Waals surface area contributed by atoms with Crippen molar-refractivity contribution in [3.63, 3.8) is 0 Å². The largest absolute Gasteiger partial charge is 0.497 e. The predicted octanol–water partition coefficient (Wildman–Crippen LogP) is 2.30. The first-order valence-corrected chi connectivity index (χ1v) is 8.17. The van der Waals surface area contributed by atoms with E-state index < -0.39 is 10.0 Å². The van der Waals surface area contributed by atoms with E-state index in [0.29, 0.717) is 22.9 Å². The molecule has 3 aromatic rings. The van der Waals surface area contributed by atoms with E-state index in [-0.39, 0.29) is 21.9 Å². The van der Waals surface area contributed by atoms with Gasteiger partial charge in [-0.15, -0.1) is 0 Å². The lowest BCUT2D eigenvalue weighted by Gasteiger charge is -2.07. The van der Waals surface area contributed by atoms with Gasteiger partial charge in [0, 0.05) is 17.1 Å². The summed E-state index contributed by atoms with van der Waals surface area (Å²) in [6, 6.07) is 4.85. The van der Waals surface area contributed by atoms with Gasteiger partial charge in [-0.2, -0.15) is 0 Å². The maximum atomic E-state index is 13.0. The van der Waals surface area contributed by atoms with E-state index in [9.17, 15) is 13.2 Å². The lowest BCUT2D eigenvalue weighted by molar-refractivity contribution is 0.112. The second-order valence-electron chi connectivity index (χ2n) is 5.04. The zero-order valence-electron chi connectivity index (χ0n) is 12.7. The molecular formula is C15H14N2O5S. The van der Waals surface area contributed by atoms with Gasteiger partial charge < -0.3 is 9.26 Å². The number of methoxy groups -OCH3 is 1. The highest BCUT2D eigenvalue weighted by Crippen LogP contribution is 2.30. The lowest BCUT2D eigenvalue weighted by atomic mass is 10.2. The molecule has 0 unspecified atom stereocenters. The molecule has 2 aromatic heterocycles. The first kappa shape index (κ1) is 15.3. The molecule has 0 aliphatic carbocycles. The Morgan fingerprint density at radius 2 is 2.04 bits per heavy atom. The summed E-state index contributed by atoms with van der Waals surface area (Å²) in [6.45, 7) is 3.08. The zero-order valence-corrected chi connectivity index (χ0v) is 13.5. The van der Waals surface area contributed by atoms with Gasteiger partial charge >= 0.3 is 0 Å². The van der Waals surface area contributed by atoms with Crippen molar-refractivity contribution in [1.29, 1.82) is 0 Å². The van der Waals surface area contributed by atoms with Gasteiger partial charge in [0.15, 0.2) is 16.9 Å². The topological polar surface area (TPSA) is 91.4 Å². The van der Waals surface area contributed by atoms with Crippen LogP contribution in [0.2, 0.25) is 0 Å². The van der Waals surface area contributed by atoms with Gasteiger partial charge in [0.1, 0.15) is 11.4 Å². The van der Waals surface area contributed by atoms with Crippen LogP contribution in [0, 0.1) is 13.8 Å². The molecule has 1 aromatic carbocycles. The van der Waals surface area contributed by atoms with Gasteiger partial charge in [0.05, 0.1) is 12.6 Å². The SMILES string of the molecule is COc1ccc2c(c1)c(C=O)cn2S(=O)(=O)c1c(C)noc1C. The minimum absolute atomic E-state index is 0.00247. The number of aryl methyl sites for hydroxylation is 2. The summed E-state index contributed by atoms with van der Waals surface area (Å²) in [7, 11) is -2.43. The van der Waals surface area contributed by atoms with E-state index in [0.717, 1.165) is 3.97 Å². The van der Waals surface area contributed by atoms with Crippen LogP contribution in [-0.2, 0) is 10.0 Å². The highest BCUT2D eigenvalue weighted by Gasteiger charge is 2.28. The molecular weight excluding hydrogens is 320 g/mol. The lowest BCUT2D eigenvalue weighted by Crippen LogP contribution is -2.13. The molecule has 0 N–H and O–H groups in total. The van der Waals surface area contributed by atoms with Crippen LogP contribution in [0.25, 0.3) is 10.9 Å². The normalized spacial score (nSPS) is 11.8. The van der Waals surface area contributed by atoms with Gasteiger partial charge in [0.2, 0.25) is 0 Å². The molecule has 3 rings (SSSR count). The number of nitrogens with zero attached hydrogens (tertiary/aromatic N) is 2. The van der Waals surface area contributed by atoms with Gasteiger partial charge in [-0.3, -0.25) is 4.79 Å². The Morgan fingerprint density at radius 3 is 2.61 bits per heavy atom. The minimum atomic E-state index is -3.93. The van der Waals surface area contributed by atoms with Gasteiger partial charge in [0.25, 0.3) is 10.0 Å². The summed E-state index contributed by atoms with van der Waals surface area (Å²) in [5.41, 5.74) is 0.910. The van der Waals surface area contributed by atoms with Crippen LogP contribution in [0.4, 0.5) is 0 Å². The number of fused-ring (bicyclic) bond motifs is 1. The summed E-state index contributed by atoms with van der Waals surface area (Å²) in [5, 5.41) is 4.18. The molecule has 0 aliphatic rings. The Labute approximate surface area is 132 Å². The number of carbonyl (C=O) groups excluding carboxylic acids is 1. The Balaban J connectivity index is 2.34. The Kier molecular flexibility index (Phi) is 3.48. The molecule has 2 heterocycles. The standard InChI is InChI=1S/C15H14N2O5S/c1-9-15(10(2)22-16-9)23(19,20)17-7-11(8-18)13-6-12(21-3)4-5-14(13)17/h4-8H,1-3H3. The third kappa shape index (κ3) is 2.22. The van der Waals surface area contributed by atoms with E-state index in [1.165, 1.54) is 20.2 Å². The summed E-state index contributed by atoms with van der Waals surface area (Å²) >= 11 is 0. The van der Waals surface area contributed by atoms with Gasteiger partial charge in [-0.05, 0) is 32.0 Å². The predicted molar refractivity (Wildman–Crippen MR) is 82.4 cm³/mol. The van der Waals surface area contributed by atoms with Crippen molar-refractivity contribution in [3.8, 4) is 5.75 Å². The average Bonchev–Trinajstić information content (AvgIpc) is 3.07. The molecule has 8 heteroatoms. The van der Waals surface area contributed by atoms with Crippen LogP contribution in [0.5, 0.6) is 5.75 Å². The van der Waals surface area contributed by atoms with E-state index >= 15 is 0 Å². The molecule has 0 amide bonds. The van der Waals surface area contributed by atoms with Gasteiger partial charge in [-0.1, -0.05) is 5.16 Å². The summed E-state index contributed by atoms with van der Waals surface area (Å²) in [4.78, 5) is 11.3. The Hall–Kier alpha value is -2.61. The highest BCUT2D eigenvalue weighted by molar-refractivity contribution is 7.90. The fourth-order valence-corrected chi connectivity index (χ4v) is 4.24. The fraction of sp³-hybridized carbons (Fsp3) is 0.200. The van der Waals surface area contributed by atoms with E-state index in [1.54, 1.807) is 25.1 Å². The quantitative estimate of drug-likeness (QED) is 0.680. The number of aldehydes is 1. The summed E-state index contributed by atoms with van der Waals surface area (Å²) in [5.74, 6) is 0.735. The van der Waals surface area contributed by atoms with E-state index in [4.69, 9.17) is 9.26 Å². The number of carbonyl (C=O) groups is 1. The van der Waals surface area contributed by atoms with Crippen molar-refractivity contribution in [2.24, 2.45) is 0 Å². The second kappa shape index (κ2) is 5.24. The second-order valence-corrected chi connectivity index (χ2v) is 6.79. The molecule has 23 heavy (non-hydrogen) atoms. The maximum Gasteiger partial charge on any atom is 0.273 e. The van der Waals surface area contributed by atoms with Crippen molar-refractivity contribution in [3.05, 3.63) is 41.4 Å². The van der Waals surface area contributed by atoms with Crippen LogP contribution in [0.15, 0.2) is 33.8 Å². The number of ether oxygens (including phenoxy) is 1. The summed E-state index contributed by atoms with van der Waals surface area (Å²) < 4.78 is 37.0. The minimum Gasteiger partial charge on any atom is -0.497 e. The van der Waals surface area contributed by atoms with E-state index in [1.807, 2.05) is 0 Å². The van der Waals surface area contributed by atoms with Crippen molar-refractivity contribution in [2.45, 2.75) is 18.7 Å². The summed E-state index contributed by atoms with van der Waals surface area (Å²) in [6.07, 6.45) is 1.90. The molecule has 0 radical (unpaired) electrons.